The van der Waals surface area contributed by atoms with E-state index in [-0.39, 0.29) is 0 Å². The van der Waals surface area contributed by atoms with Gasteiger partial charge in [-0.2, -0.15) is 0 Å². The average Bonchev–Trinajstić information content (AvgIpc) is 3.44. The van der Waals surface area contributed by atoms with Gasteiger partial charge in [-0.25, -0.2) is 0 Å². The summed E-state index contributed by atoms with van der Waals surface area (Å²) in [5.41, 5.74) is 0. The first-order valence-corrected chi connectivity index (χ1v) is 30.2. The molecule has 0 nitrogen and oxygen atoms in total. The van der Waals surface area contributed by atoms with Crippen molar-refractivity contribution in [2.45, 2.75) is 78.6 Å². The Hall–Kier alpha value is -0.332. The lowest BCUT2D eigenvalue weighted by Crippen LogP contribution is -2.35. The van der Waals surface area contributed by atoms with E-state index in [1.54, 1.807) is 36.1 Å². The smallest absolute Gasteiger partial charge is 0.0904 e. The quantitative estimate of drug-likeness (QED) is 0.183. The summed E-state index contributed by atoms with van der Waals surface area (Å²) in [7, 11) is -5.72. The maximum Gasteiger partial charge on any atom is 0.0904 e. The minimum Gasteiger partial charge on any atom is -0.143 e. The molecule has 8 heteroatoms. The molecule has 1 aliphatic carbocycles. The van der Waals surface area contributed by atoms with Crippen molar-refractivity contribution in [3.8, 4) is 0 Å². The van der Waals surface area contributed by atoms with Crippen molar-refractivity contribution in [3.63, 3.8) is 0 Å². The van der Waals surface area contributed by atoms with Crippen molar-refractivity contribution >= 4 is 95.6 Å². The van der Waals surface area contributed by atoms with Gasteiger partial charge < -0.3 is 0 Å². The summed E-state index contributed by atoms with van der Waals surface area (Å²) in [5.74, 6) is 0. The molecule has 4 aromatic rings. The topological polar surface area (TPSA) is 0 Å². The Morgan fingerprint density at radius 3 is 0.639 bits per heavy atom. The molecule has 0 atom stereocenters. The van der Waals surface area contributed by atoms with Gasteiger partial charge in [0.25, 0.3) is 0 Å². The molecule has 0 aliphatic heterocycles. The minimum atomic E-state index is -1.43. The second-order valence-electron chi connectivity index (χ2n) is 14.4. The number of thiophene rings is 4. The van der Waals surface area contributed by atoms with Gasteiger partial charge in [-0.05, 0) is 42.3 Å². The summed E-state index contributed by atoms with van der Waals surface area (Å²) in [6.07, 6.45) is 0. The van der Waals surface area contributed by atoms with Gasteiger partial charge in [-0.1, -0.05) is 78.6 Å². The highest BCUT2D eigenvalue weighted by molar-refractivity contribution is 7.29. The summed E-state index contributed by atoms with van der Waals surface area (Å²) in [6, 6.07) is 10.5. The van der Waals surface area contributed by atoms with Crippen molar-refractivity contribution in [1.29, 1.82) is 0 Å². The van der Waals surface area contributed by atoms with E-state index in [1.165, 1.54) is 20.9 Å². The van der Waals surface area contributed by atoms with E-state index in [1.807, 2.05) is 0 Å². The highest BCUT2D eigenvalue weighted by Crippen LogP contribution is 2.25. The van der Waals surface area contributed by atoms with Crippen LogP contribution in [0.25, 0.3) is 0 Å². The van der Waals surface area contributed by atoms with Crippen LogP contribution < -0.4 is 18.0 Å². The molecule has 0 N–H and O–H groups in total. The van der Waals surface area contributed by atoms with Crippen molar-refractivity contribution < 1.29 is 0 Å². The second kappa shape index (κ2) is 8.58. The molecule has 0 saturated heterocycles. The van der Waals surface area contributed by atoms with E-state index in [0.29, 0.717) is 0 Å². The first kappa shape index (κ1) is 27.2. The minimum absolute atomic E-state index is 1.43. The summed E-state index contributed by atoms with van der Waals surface area (Å²) >= 11 is 8.46. The fraction of sp³-hybridized carbons (Fsp3) is 0.429. The molecule has 0 amide bonds. The lowest BCUT2D eigenvalue weighted by Gasteiger charge is -2.12. The molecule has 0 fully saturated rings. The lowest BCUT2D eigenvalue weighted by atomic mass is 10.2. The molecule has 5 rings (SSSR count). The Morgan fingerprint density at radius 1 is 0.333 bits per heavy atom. The van der Waals surface area contributed by atoms with E-state index < -0.39 is 32.3 Å². The second-order valence-corrected chi connectivity index (χ2v) is 40.2. The third-order valence-corrected chi connectivity index (χ3v) is 26.1. The summed E-state index contributed by atoms with van der Waals surface area (Å²) in [6.45, 7) is 30.1. The van der Waals surface area contributed by atoms with Crippen LogP contribution in [-0.4, -0.2) is 32.3 Å². The van der Waals surface area contributed by atoms with Crippen LogP contribution in [0.15, 0.2) is 24.3 Å². The van der Waals surface area contributed by atoms with Crippen molar-refractivity contribution in [2.75, 3.05) is 0 Å². The molecule has 192 valence electrons. The molecular weight excluding hydrogens is 577 g/mol. The van der Waals surface area contributed by atoms with Crippen LogP contribution in [-0.2, 0) is 0 Å². The van der Waals surface area contributed by atoms with Gasteiger partial charge in [0.05, 0.1) is 50.4 Å². The lowest BCUT2D eigenvalue weighted by molar-refractivity contribution is 1.45. The van der Waals surface area contributed by atoms with Crippen LogP contribution >= 0.6 is 45.3 Å². The molecular formula is C28H40S4Si4. The molecule has 0 aromatic carbocycles. The number of hydrogen-bond donors (Lipinski definition) is 0. The Bertz CT molecular complexity index is 1450. The van der Waals surface area contributed by atoms with Gasteiger partial charge in [0.1, 0.15) is 0 Å². The average molecular weight is 617 g/mol. The van der Waals surface area contributed by atoms with Gasteiger partial charge in [0.15, 0.2) is 0 Å². The number of fused-ring (bicyclic) bond motifs is 4. The maximum atomic E-state index is 2.61. The Labute approximate surface area is 235 Å². The van der Waals surface area contributed by atoms with Gasteiger partial charge in [0, 0.05) is 20.9 Å². The Morgan fingerprint density at radius 2 is 0.500 bits per heavy atom. The molecule has 0 bridgehead atoms. The normalized spacial score (nSPS) is 14.1. The molecule has 36 heavy (non-hydrogen) atoms. The fourth-order valence-electron chi connectivity index (χ4n) is 4.52. The predicted octanol–water partition coefficient (Wildman–Crippen LogP) is 7.57. The van der Waals surface area contributed by atoms with Gasteiger partial charge >= 0.3 is 0 Å². The van der Waals surface area contributed by atoms with Crippen LogP contribution in [0.3, 0.4) is 0 Å². The van der Waals surface area contributed by atoms with Crippen molar-refractivity contribution in [3.05, 3.63) is 63.3 Å². The summed E-state index contributed by atoms with van der Waals surface area (Å²) in [4.78, 5) is 0. The van der Waals surface area contributed by atoms with E-state index in [9.17, 15) is 0 Å². The molecule has 0 radical (unpaired) electrons. The fourth-order valence-corrected chi connectivity index (χ4v) is 17.0. The van der Waals surface area contributed by atoms with Crippen molar-refractivity contribution in [2.24, 2.45) is 0 Å². The summed E-state index contributed by atoms with van der Waals surface area (Å²) < 4.78 is 12.7. The third kappa shape index (κ3) is 4.67. The first-order chi connectivity index (χ1) is 16.4. The number of hydrogen-bond acceptors (Lipinski definition) is 4. The number of rotatable bonds is 4. The Balaban J connectivity index is 2.24. The maximum absolute atomic E-state index is 2.61. The SMILES string of the molecule is C[Si](C)(C)c1cc2c(s1)=c1sc([Si](C)(C)C)cc1=c1cc([Si](C)(C)C)sc1=c1sc([Si](C)(C)C)cc1=2. The molecule has 0 spiro atoms. The van der Waals surface area contributed by atoms with Crippen molar-refractivity contribution in [1.82, 2.24) is 0 Å². The summed E-state index contributed by atoms with van der Waals surface area (Å²) in [5, 5.41) is 6.08. The third-order valence-electron chi connectivity index (χ3n) is 6.88. The molecule has 0 unspecified atom stereocenters. The van der Waals surface area contributed by atoms with Crippen LogP contribution in [0.1, 0.15) is 0 Å². The highest BCUT2D eigenvalue weighted by atomic mass is 32.1. The van der Waals surface area contributed by atoms with Crippen LogP contribution in [0.4, 0.5) is 0 Å². The predicted molar refractivity (Wildman–Crippen MR) is 180 cm³/mol. The van der Waals surface area contributed by atoms with Gasteiger partial charge in [-0.15, -0.1) is 45.3 Å². The largest absolute Gasteiger partial charge is 0.143 e. The van der Waals surface area contributed by atoms with E-state index in [2.05, 4.69) is 148 Å². The van der Waals surface area contributed by atoms with Crippen LogP contribution in [0.2, 0.25) is 78.6 Å². The first-order valence-electron chi connectivity index (χ1n) is 12.9. The zero-order valence-electron chi connectivity index (χ0n) is 23.9. The Kier molecular flexibility index (Phi) is 6.49. The molecule has 0 saturated carbocycles. The van der Waals surface area contributed by atoms with E-state index >= 15 is 0 Å². The zero-order valence-corrected chi connectivity index (χ0v) is 31.2. The van der Waals surface area contributed by atoms with E-state index in [0.717, 1.165) is 0 Å². The van der Waals surface area contributed by atoms with Crippen LogP contribution in [0.5, 0.6) is 0 Å². The standard InChI is InChI=1S/C28H40S4Si4/c1-33(2,3)21-13-17-18-14-22(34(4,5)6)31-27(18)28-20(16-24(32-28)36(10,11)12)19-15-23(35(7,8)9)30-26(19)25(17)29-21/h13-16H,1-12H3. The molecule has 4 heterocycles. The van der Waals surface area contributed by atoms with Gasteiger partial charge in [-0.3, -0.25) is 0 Å². The van der Waals surface area contributed by atoms with Crippen LogP contribution in [0, 0.1) is 39.0 Å². The highest BCUT2D eigenvalue weighted by Gasteiger charge is 2.25. The van der Waals surface area contributed by atoms with Gasteiger partial charge in [0.2, 0.25) is 0 Å². The zero-order chi connectivity index (χ0) is 26.6. The van der Waals surface area contributed by atoms with E-state index in [4.69, 9.17) is 0 Å². The molecule has 4 aromatic heterocycles. The molecule has 1 aliphatic rings. The monoisotopic (exact) mass is 616 g/mol.